The van der Waals surface area contributed by atoms with E-state index in [-0.39, 0.29) is 11.8 Å². The Morgan fingerprint density at radius 3 is 2.24 bits per heavy atom. The molecule has 0 aliphatic carbocycles. The summed E-state index contributed by atoms with van der Waals surface area (Å²) in [5.74, 6) is 2.22. The van der Waals surface area contributed by atoms with Crippen LogP contribution in [0, 0.1) is 0 Å². The summed E-state index contributed by atoms with van der Waals surface area (Å²) in [4.78, 5) is 9.41. The van der Waals surface area contributed by atoms with E-state index in [4.69, 9.17) is 9.97 Å². The number of aromatic nitrogens is 8. The first-order chi connectivity index (χ1) is 13.9. The van der Waals surface area contributed by atoms with Crippen LogP contribution in [0.3, 0.4) is 0 Å². The van der Waals surface area contributed by atoms with Crippen molar-refractivity contribution in [1.29, 1.82) is 0 Å². The van der Waals surface area contributed by atoms with Crippen LogP contribution in [0.15, 0.2) is 6.08 Å². The molecule has 0 unspecified atom stereocenters. The van der Waals surface area contributed by atoms with Crippen LogP contribution < -0.4 is 5.22 Å². The first-order valence-corrected chi connectivity index (χ1v) is 10.3. The van der Waals surface area contributed by atoms with Crippen molar-refractivity contribution in [3.63, 3.8) is 0 Å². The number of aromatic amines is 1. The number of aryl methyl sites for hydroxylation is 2. The van der Waals surface area contributed by atoms with E-state index in [9.17, 15) is 0 Å². The highest BCUT2D eigenvalue weighted by atomic mass is 15.5. The largest absolute Gasteiger partial charge is 0.280 e. The zero-order valence-corrected chi connectivity index (χ0v) is 17.9. The number of allylic oxidation sites excluding steroid dienone is 1. The van der Waals surface area contributed by atoms with Crippen molar-refractivity contribution in [3.8, 4) is 0 Å². The number of hydrogen-bond acceptors (Lipinski definition) is 5. The highest BCUT2D eigenvalue weighted by Crippen LogP contribution is 2.19. The summed E-state index contributed by atoms with van der Waals surface area (Å²) in [6.45, 7) is 12.6. The quantitative estimate of drug-likeness (QED) is 0.545. The van der Waals surface area contributed by atoms with Crippen LogP contribution in [0.1, 0.15) is 82.0 Å². The number of fused-ring (bicyclic) bond motifs is 2. The van der Waals surface area contributed by atoms with Crippen molar-refractivity contribution in [2.45, 2.75) is 66.2 Å². The molecule has 0 fully saturated rings. The fourth-order valence-electron chi connectivity index (χ4n) is 3.36. The van der Waals surface area contributed by atoms with Crippen molar-refractivity contribution in [1.82, 2.24) is 39.6 Å². The van der Waals surface area contributed by atoms with Gasteiger partial charge in [0.25, 0.3) is 0 Å². The summed E-state index contributed by atoms with van der Waals surface area (Å²) in [5, 5.41) is 18.0. The monoisotopic (exact) mass is 392 g/mol. The Labute approximate surface area is 169 Å². The normalized spacial score (nSPS) is 13.4. The summed E-state index contributed by atoms with van der Waals surface area (Å²) < 4.78 is 3.44. The molecule has 0 atom stereocenters. The highest BCUT2D eigenvalue weighted by molar-refractivity contribution is 5.71. The van der Waals surface area contributed by atoms with Crippen molar-refractivity contribution in [2.24, 2.45) is 0 Å². The minimum atomic E-state index is 0.272. The summed E-state index contributed by atoms with van der Waals surface area (Å²) in [7, 11) is 0. The van der Waals surface area contributed by atoms with Gasteiger partial charge >= 0.3 is 0 Å². The third-order valence-corrected chi connectivity index (χ3v) is 5.05. The number of hydrogen-bond donors (Lipinski definition) is 1. The van der Waals surface area contributed by atoms with E-state index in [1.807, 2.05) is 6.08 Å². The molecule has 0 aliphatic rings. The highest BCUT2D eigenvalue weighted by Gasteiger charge is 2.15. The predicted octanol–water partition coefficient (Wildman–Crippen LogP) is 3.08. The molecule has 1 N–H and O–H groups in total. The van der Waals surface area contributed by atoms with E-state index < -0.39 is 0 Å². The Morgan fingerprint density at radius 1 is 0.897 bits per heavy atom. The second kappa shape index (κ2) is 7.42. The molecule has 0 bridgehead atoms. The molecular formula is C21H28N8. The van der Waals surface area contributed by atoms with Gasteiger partial charge in [-0.1, -0.05) is 47.6 Å². The van der Waals surface area contributed by atoms with E-state index >= 15 is 0 Å². The number of rotatable bonds is 6. The minimum absolute atomic E-state index is 0.272. The molecule has 4 aromatic rings. The van der Waals surface area contributed by atoms with Crippen LogP contribution in [0.25, 0.3) is 23.4 Å². The summed E-state index contributed by atoms with van der Waals surface area (Å²) in [6, 6.07) is 0. The lowest BCUT2D eigenvalue weighted by Crippen LogP contribution is -2.06. The summed E-state index contributed by atoms with van der Waals surface area (Å²) in [5.41, 5.74) is 4.86. The van der Waals surface area contributed by atoms with Crippen LogP contribution in [-0.4, -0.2) is 39.6 Å². The Morgan fingerprint density at radius 2 is 1.59 bits per heavy atom. The molecular weight excluding hydrogens is 364 g/mol. The van der Waals surface area contributed by atoms with Gasteiger partial charge < -0.3 is 0 Å². The zero-order chi connectivity index (χ0) is 20.7. The molecule has 0 radical (unpaired) electrons. The molecule has 0 aliphatic heterocycles. The van der Waals surface area contributed by atoms with Crippen molar-refractivity contribution >= 4 is 23.4 Å². The van der Waals surface area contributed by atoms with Crippen LogP contribution in [0.4, 0.5) is 0 Å². The lowest BCUT2D eigenvalue weighted by atomic mass is 10.1. The van der Waals surface area contributed by atoms with E-state index in [2.05, 4.69) is 74.1 Å². The fourth-order valence-corrected chi connectivity index (χ4v) is 3.36. The van der Waals surface area contributed by atoms with Gasteiger partial charge in [-0.05, 0) is 25.0 Å². The predicted molar refractivity (Wildman–Crippen MR) is 114 cm³/mol. The van der Waals surface area contributed by atoms with Crippen LogP contribution >= 0.6 is 0 Å². The van der Waals surface area contributed by atoms with Gasteiger partial charge in [0.15, 0.2) is 22.9 Å². The third-order valence-electron chi connectivity index (χ3n) is 5.05. The number of nitrogens with one attached hydrogen (secondary N) is 1. The van der Waals surface area contributed by atoms with E-state index in [1.54, 1.807) is 9.26 Å². The topological polar surface area (TPSA) is 89.1 Å². The summed E-state index contributed by atoms with van der Waals surface area (Å²) in [6.07, 6.45) is 7.92. The Hall–Kier alpha value is -3.03. The molecule has 0 aromatic carbocycles. The maximum Gasteiger partial charge on any atom is 0.185 e. The number of H-pyrrole nitrogens is 1. The maximum atomic E-state index is 4.72. The average molecular weight is 393 g/mol. The molecule has 8 nitrogen and oxygen atoms in total. The van der Waals surface area contributed by atoms with Gasteiger partial charge in [0.2, 0.25) is 0 Å². The first-order valence-electron chi connectivity index (χ1n) is 10.3. The Bertz CT molecular complexity index is 1240. The SMILES string of the molecule is CCc1[nH]n2nc(C(C)C)nc2c1C=CC=c1c(CC)nn2nc(C(C)C)nc12. The molecule has 152 valence electrons. The van der Waals surface area contributed by atoms with Crippen molar-refractivity contribution in [3.05, 3.63) is 39.9 Å². The lowest BCUT2D eigenvalue weighted by Gasteiger charge is -1.96. The second-order valence-electron chi connectivity index (χ2n) is 7.90. The van der Waals surface area contributed by atoms with Crippen LogP contribution in [-0.2, 0) is 12.8 Å². The van der Waals surface area contributed by atoms with E-state index in [0.29, 0.717) is 0 Å². The molecule has 0 amide bonds. The standard InChI is InChI=1S/C21H28N8/c1-7-16-14(20-22-18(12(3)4)26-28(20)24-16)10-9-11-15-17(8-2)25-29-21(15)23-19(27-29)13(5)6/h9-13,24H,7-8H2,1-6H3. The van der Waals surface area contributed by atoms with Crippen molar-refractivity contribution in [2.75, 3.05) is 0 Å². The van der Waals surface area contributed by atoms with Gasteiger partial charge in [-0.3, -0.25) is 5.10 Å². The third kappa shape index (κ3) is 3.32. The van der Waals surface area contributed by atoms with E-state index in [0.717, 1.165) is 58.0 Å². The Balaban J connectivity index is 1.79. The number of nitrogens with zero attached hydrogens (tertiary/aromatic N) is 7. The molecule has 4 rings (SSSR count). The van der Waals surface area contributed by atoms with Gasteiger partial charge in [-0.25, -0.2) is 9.97 Å². The molecule has 4 heterocycles. The average Bonchev–Trinajstić information content (AvgIpc) is 3.41. The molecule has 0 spiro atoms. The van der Waals surface area contributed by atoms with Crippen LogP contribution in [0.5, 0.6) is 0 Å². The zero-order valence-electron chi connectivity index (χ0n) is 17.9. The minimum Gasteiger partial charge on any atom is -0.280 e. The van der Waals surface area contributed by atoms with E-state index in [1.165, 1.54) is 0 Å². The first kappa shape index (κ1) is 19.3. The summed E-state index contributed by atoms with van der Waals surface area (Å²) >= 11 is 0. The van der Waals surface area contributed by atoms with Gasteiger partial charge in [-0.2, -0.15) is 9.73 Å². The fraction of sp³-hybridized carbons (Fsp3) is 0.476. The maximum absolute atomic E-state index is 4.72. The lowest BCUT2D eigenvalue weighted by molar-refractivity contribution is 0.720. The van der Waals surface area contributed by atoms with Crippen molar-refractivity contribution < 1.29 is 0 Å². The molecule has 0 saturated carbocycles. The van der Waals surface area contributed by atoms with Crippen LogP contribution in [0.2, 0.25) is 0 Å². The smallest absolute Gasteiger partial charge is 0.185 e. The molecule has 8 heteroatoms. The van der Waals surface area contributed by atoms with Gasteiger partial charge in [-0.15, -0.1) is 14.8 Å². The van der Waals surface area contributed by atoms with Gasteiger partial charge in [0.1, 0.15) is 0 Å². The molecule has 29 heavy (non-hydrogen) atoms. The van der Waals surface area contributed by atoms with Gasteiger partial charge in [0, 0.05) is 28.3 Å². The molecule has 4 aromatic heterocycles. The second-order valence-corrected chi connectivity index (χ2v) is 7.90. The van der Waals surface area contributed by atoms with Gasteiger partial charge in [0.05, 0.1) is 5.69 Å². The Kier molecular flexibility index (Phi) is 4.94. The molecule has 0 saturated heterocycles.